The maximum Gasteiger partial charge on any atom is 0.348 e. The number of carboxylic acid groups (broad SMARTS) is 1. The van der Waals surface area contributed by atoms with E-state index in [0.717, 1.165) is 21.2 Å². The third-order valence-electron chi connectivity index (χ3n) is 3.60. The minimum absolute atomic E-state index is 0.0168. The van der Waals surface area contributed by atoms with Crippen LogP contribution in [0.25, 0.3) is 21.6 Å². The van der Waals surface area contributed by atoms with E-state index < -0.39 is 23.2 Å². The average molecular weight is 447 g/mol. The van der Waals surface area contributed by atoms with E-state index >= 15 is 0 Å². The van der Waals surface area contributed by atoms with E-state index in [2.05, 4.69) is 21.2 Å². The summed E-state index contributed by atoms with van der Waals surface area (Å²) in [5, 5.41) is 30.9. The van der Waals surface area contributed by atoms with Gasteiger partial charge in [-0.1, -0.05) is 15.9 Å². The summed E-state index contributed by atoms with van der Waals surface area (Å²) in [4.78, 5) is 24.0. The lowest BCUT2D eigenvalue weighted by atomic mass is 10.2. The Kier molecular flexibility index (Phi) is 5.03. The second-order valence-electron chi connectivity index (χ2n) is 5.48. The number of anilines is 1. The summed E-state index contributed by atoms with van der Waals surface area (Å²) in [7, 11) is 0. The van der Waals surface area contributed by atoms with Gasteiger partial charge in [0.2, 0.25) is 0 Å². The van der Waals surface area contributed by atoms with Gasteiger partial charge in [0, 0.05) is 9.86 Å². The molecule has 0 unspecified atom stereocenters. The molecule has 0 bridgehead atoms. The Morgan fingerprint density at radius 1 is 1.26 bits per heavy atom. The number of aromatic carboxylic acids is 1. The van der Waals surface area contributed by atoms with Crippen molar-refractivity contribution in [2.45, 2.75) is 6.92 Å². The number of nitrogens with zero attached hydrogens (tertiary/aromatic N) is 1. The van der Waals surface area contributed by atoms with E-state index in [1.165, 1.54) is 13.0 Å². The largest absolute Gasteiger partial charge is 0.511 e. The predicted molar refractivity (Wildman–Crippen MR) is 104 cm³/mol. The lowest BCUT2D eigenvalue weighted by Gasteiger charge is -2.03. The molecule has 27 heavy (non-hydrogen) atoms. The van der Waals surface area contributed by atoms with Gasteiger partial charge < -0.3 is 19.9 Å². The maximum atomic E-state index is 12.1. The van der Waals surface area contributed by atoms with Crippen molar-refractivity contribution in [2.24, 2.45) is 0 Å². The van der Waals surface area contributed by atoms with E-state index in [0.29, 0.717) is 16.2 Å². The van der Waals surface area contributed by atoms with Gasteiger partial charge >= 0.3 is 5.97 Å². The Labute approximate surface area is 165 Å². The minimum Gasteiger partial charge on any atom is -0.511 e. The van der Waals surface area contributed by atoms with Crippen LogP contribution in [0.15, 0.2) is 50.6 Å². The number of furan rings is 1. The predicted octanol–water partition coefficient (Wildman–Crippen LogP) is 4.92. The fraction of sp³-hybridized carbons (Fsp3) is 0.0556. The first-order valence-corrected chi connectivity index (χ1v) is 9.09. The summed E-state index contributed by atoms with van der Waals surface area (Å²) in [6.07, 6.45) is 0. The Balaban J connectivity index is 2.02. The van der Waals surface area contributed by atoms with Crippen LogP contribution in [0.5, 0.6) is 0 Å². The second-order valence-corrected chi connectivity index (χ2v) is 7.45. The molecule has 0 saturated carbocycles. The summed E-state index contributed by atoms with van der Waals surface area (Å²) < 4.78 is 6.63. The zero-order valence-corrected chi connectivity index (χ0v) is 16.1. The Morgan fingerprint density at radius 3 is 2.63 bits per heavy atom. The lowest BCUT2D eigenvalue weighted by Crippen LogP contribution is -2.16. The molecule has 136 valence electrons. The number of rotatable bonds is 4. The number of benzene rings is 1. The minimum atomic E-state index is -1.23. The zero-order valence-electron chi connectivity index (χ0n) is 13.7. The number of nitriles is 1. The van der Waals surface area contributed by atoms with Crippen LogP contribution in [-0.4, -0.2) is 22.1 Å². The number of aliphatic hydroxyl groups is 1. The van der Waals surface area contributed by atoms with Crippen LogP contribution in [0.3, 0.4) is 0 Å². The summed E-state index contributed by atoms with van der Waals surface area (Å²) in [6, 6.07) is 10.3. The summed E-state index contributed by atoms with van der Waals surface area (Å²) in [5.74, 6) is -2.13. The number of fused-ring (bicyclic) bond motifs is 1. The van der Waals surface area contributed by atoms with Crippen molar-refractivity contribution in [3.05, 3.63) is 51.0 Å². The van der Waals surface area contributed by atoms with Gasteiger partial charge in [-0.3, -0.25) is 4.79 Å². The topological polar surface area (TPSA) is 124 Å². The fourth-order valence-electron chi connectivity index (χ4n) is 2.38. The molecule has 1 amide bonds. The van der Waals surface area contributed by atoms with Crippen molar-refractivity contribution in [3.63, 3.8) is 0 Å². The molecular formula is C18H11BrN2O5S. The molecule has 0 aliphatic heterocycles. The number of allylic oxidation sites excluding steroid dienone is 1. The summed E-state index contributed by atoms with van der Waals surface area (Å²) >= 11 is 4.31. The molecule has 2 aromatic heterocycles. The molecule has 0 atom stereocenters. The number of halogens is 1. The third kappa shape index (κ3) is 3.72. The van der Waals surface area contributed by atoms with Gasteiger partial charge in [0.1, 0.15) is 28.0 Å². The molecule has 1 aromatic carbocycles. The van der Waals surface area contributed by atoms with Crippen LogP contribution in [0, 0.1) is 11.3 Å². The van der Waals surface area contributed by atoms with Crippen LogP contribution >= 0.6 is 27.3 Å². The van der Waals surface area contributed by atoms with E-state index in [1.807, 2.05) is 12.1 Å². The van der Waals surface area contributed by atoms with Crippen molar-refractivity contribution in [1.29, 1.82) is 5.26 Å². The van der Waals surface area contributed by atoms with E-state index in [4.69, 9.17) is 9.68 Å². The smallest absolute Gasteiger partial charge is 0.348 e. The quantitative estimate of drug-likeness (QED) is 0.297. The van der Waals surface area contributed by atoms with E-state index in [9.17, 15) is 19.8 Å². The normalized spacial score (nSPS) is 11.7. The molecule has 9 heteroatoms. The van der Waals surface area contributed by atoms with Crippen molar-refractivity contribution < 1.29 is 24.2 Å². The van der Waals surface area contributed by atoms with Crippen molar-refractivity contribution in [1.82, 2.24) is 0 Å². The standard InChI is InChI=1S/C18H11BrN2O5S/c1-8(22)11(7-20)17(23)21-12-6-15(27-16(12)18(24)25)14-5-9-4-10(19)2-3-13(9)26-14/h2-6,22H,1H3,(H,21,23)(H,24,25)/b11-8-. The number of nitrogens with one attached hydrogen (secondary N) is 1. The molecule has 0 saturated heterocycles. The van der Waals surface area contributed by atoms with Gasteiger partial charge in [-0.2, -0.15) is 5.26 Å². The molecule has 0 spiro atoms. The number of carboxylic acids is 1. The summed E-state index contributed by atoms with van der Waals surface area (Å²) in [6.45, 7) is 1.20. The molecule has 3 aromatic rings. The number of aliphatic hydroxyl groups excluding tert-OH is 1. The first-order valence-electron chi connectivity index (χ1n) is 7.48. The van der Waals surface area contributed by atoms with Crippen molar-refractivity contribution in [2.75, 3.05) is 5.32 Å². The highest BCUT2D eigenvalue weighted by molar-refractivity contribution is 9.10. The van der Waals surface area contributed by atoms with Gasteiger partial charge in [-0.15, -0.1) is 11.3 Å². The number of hydrogen-bond donors (Lipinski definition) is 3. The highest BCUT2D eigenvalue weighted by Gasteiger charge is 2.22. The van der Waals surface area contributed by atoms with Gasteiger partial charge in [-0.25, -0.2) is 4.79 Å². The Morgan fingerprint density at radius 2 is 2.00 bits per heavy atom. The molecule has 0 aliphatic carbocycles. The van der Waals surface area contributed by atoms with Crippen LogP contribution < -0.4 is 5.32 Å². The highest BCUT2D eigenvalue weighted by atomic mass is 79.9. The monoisotopic (exact) mass is 446 g/mol. The lowest BCUT2D eigenvalue weighted by molar-refractivity contribution is -0.112. The molecular weight excluding hydrogens is 436 g/mol. The third-order valence-corrected chi connectivity index (χ3v) is 5.23. The number of carbonyl (C=O) groups excluding carboxylic acids is 1. The number of carbonyl (C=O) groups is 2. The molecule has 3 N–H and O–H groups in total. The highest BCUT2D eigenvalue weighted by Crippen LogP contribution is 2.38. The van der Waals surface area contributed by atoms with Gasteiger partial charge in [0.15, 0.2) is 5.57 Å². The maximum absolute atomic E-state index is 12.1. The van der Waals surface area contributed by atoms with Crippen molar-refractivity contribution in [3.8, 4) is 16.7 Å². The SMILES string of the molecule is C/C(O)=C(\C#N)C(=O)Nc1cc(-c2cc3cc(Br)ccc3o2)sc1C(=O)O. The Hall–Kier alpha value is -3.09. The van der Waals surface area contributed by atoms with Crippen molar-refractivity contribution >= 4 is 55.8 Å². The van der Waals surface area contributed by atoms with Crippen LogP contribution in [0.4, 0.5) is 5.69 Å². The average Bonchev–Trinajstić information content (AvgIpc) is 3.18. The number of thiophene rings is 1. The molecule has 2 heterocycles. The molecule has 3 rings (SSSR count). The first-order chi connectivity index (χ1) is 12.8. The number of amides is 1. The van der Waals surface area contributed by atoms with Gasteiger partial charge in [0.05, 0.1) is 10.6 Å². The van der Waals surface area contributed by atoms with Crippen LogP contribution in [0.2, 0.25) is 0 Å². The second kappa shape index (κ2) is 7.26. The van der Waals surface area contributed by atoms with Gasteiger partial charge in [-0.05, 0) is 37.3 Å². The van der Waals surface area contributed by atoms with Crippen LogP contribution in [-0.2, 0) is 4.79 Å². The van der Waals surface area contributed by atoms with E-state index in [1.54, 1.807) is 18.2 Å². The van der Waals surface area contributed by atoms with Gasteiger partial charge in [0.25, 0.3) is 5.91 Å². The Bertz CT molecular complexity index is 1150. The van der Waals surface area contributed by atoms with E-state index in [-0.39, 0.29) is 10.6 Å². The molecule has 7 nitrogen and oxygen atoms in total. The summed E-state index contributed by atoms with van der Waals surface area (Å²) in [5.41, 5.74) is 0.158. The molecule has 0 fully saturated rings. The first kappa shape index (κ1) is 18.7. The zero-order chi connectivity index (χ0) is 19.7. The molecule has 0 aliphatic rings. The number of hydrogen-bond acceptors (Lipinski definition) is 6. The van der Waals surface area contributed by atoms with Crippen LogP contribution in [0.1, 0.15) is 16.6 Å². The fourth-order valence-corrected chi connectivity index (χ4v) is 3.66. The molecule has 0 radical (unpaired) electrons.